The van der Waals surface area contributed by atoms with Gasteiger partial charge in [-0.2, -0.15) is 0 Å². The number of hydrogen-bond acceptors (Lipinski definition) is 5. The van der Waals surface area contributed by atoms with Crippen molar-refractivity contribution in [1.82, 2.24) is 4.90 Å². The molecule has 0 heterocycles. The van der Waals surface area contributed by atoms with Crippen LogP contribution in [0.4, 0.5) is 0 Å². The summed E-state index contributed by atoms with van der Waals surface area (Å²) in [5.74, 6) is 1.78. The molecule has 4 rings (SSSR count). The van der Waals surface area contributed by atoms with Crippen molar-refractivity contribution in [3.8, 4) is 11.5 Å². The Hall–Kier alpha value is -2.69. The van der Waals surface area contributed by atoms with E-state index in [9.17, 15) is 9.79 Å². The Morgan fingerprint density at radius 3 is 2.09 bits per heavy atom. The van der Waals surface area contributed by atoms with Crippen LogP contribution in [-0.4, -0.2) is 35.0 Å². The van der Waals surface area contributed by atoms with Crippen LogP contribution in [0.2, 0.25) is 0 Å². The smallest absolute Gasteiger partial charge is 0.391 e. The minimum Gasteiger partial charge on any atom is -0.475 e. The lowest BCUT2D eigenvalue weighted by molar-refractivity contribution is 0.0815. The molecule has 2 atom stereocenters. The number of fused-ring (bicyclic) bond motifs is 1. The summed E-state index contributed by atoms with van der Waals surface area (Å²) in [6.07, 6.45) is 2.06. The summed E-state index contributed by atoms with van der Waals surface area (Å²) >= 11 is 0. The molecule has 0 bridgehead atoms. The zero-order chi connectivity index (χ0) is 24.2. The van der Waals surface area contributed by atoms with E-state index in [4.69, 9.17) is 9.26 Å². The number of nitrogens with zero attached hydrogens (tertiary/aromatic N) is 1. The summed E-state index contributed by atoms with van der Waals surface area (Å²) in [6.45, 7) is 4.32. The van der Waals surface area contributed by atoms with Gasteiger partial charge in [-0.05, 0) is 97.4 Å². The first-order valence-corrected chi connectivity index (χ1v) is 12.7. The van der Waals surface area contributed by atoms with Gasteiger partial charge in [0.05, 0.1) is 0 Å². The summed E-state index contributed by atoms with van der Waals surface area (Å²) in [6, 6.07) is 24.5. The van der Waals surface area contributed by atoms with Crippen LogP contribution in [0.25, 0.3) is 11.1 Å². The van der Waals surface area contributed by atoms with E-state index in [1.807, 2.05) is 50.2 Å². The van der Waals surface area contributed by atoms with Gasteiger partial charge in [0.25, 0.3) is 0 Å². The van der Waals surface area contributed by atoms with E-state index < -0.39 is 8.60 Å². The van der Waals surface area contributed by atoms with E-state index in [0.717, 1.165) is 29.7 Å². The lowest BCUT2D eigenvalue weighted by Crippen LogP contribution is -2.30. The van der Waals surface area contributed by atoms with E-state index in [-0.39, 0.29) is 6.23 Å². The standard InChI is InChI=1S/C28H32NO4P/c1-19-9-18-27(26-8-6-5-7-25(19)26)28(22-12-16-24(17-13-22)33-34(30)31)21-10-14-23(15-11-21)32-20(2)29(3)4/h5-8,10-17,19-20,30-31H,9,18H2,1-4H3. The Kier molecular flexibility index (Phi) is 7.70. The first-order valence-electron chi connectivity index (χ1n) is 11.6. The van der Waals surface area contributed by atoms with Crippen molar-refractivity contribution in [2.45, 2.75) is 38.8 Å². The van der Waals surface area contributed by atoms with Gasteiger partial charge in [0.1, 0.15) is 17.7 Å². The van der Waals surface area contributed by atoms with Gasteiger partial charge in [-0.15, -0.1) is 0 Å². The van der Waals surface area contributed by atoms with Gasteiger partial charge in [0, 0.05) is 0 Å². The van der Waals surface area contributed by atoms with Crippen LogP contribution in [0, 0.1) is 0 Å². The Balaban J connectivity index is 1.80. The van der Waals surface area contributed by atoms with E-state index in [1.54, 1.807) is 12.1 Å². The Labute approximate surface area is 203 Å². The molecule has 1 aliphatic rings. The number of ether oxygens (including phenoxy) is 1. The summed E-state index contributed by atoms with van der Waals surface area (Å²) in [5.41, 5.74) is 7.35. The highest BCUT2D eigenvalue weighted by Gasteiger charge is 2.24. The number of allylic oxidation sites excluding steroid dienone is 1. The molecule has 178 valence electrons. The maximum absolute atomic E-state index is 9.20. The summed E-state index contributed by atoms with van der Waals surface area (Å²) in [7, 11) is 1.54. The molecule has 0 saturated heterocycles. The van der Waals surface area contributed by atoms with Crippen LogP contribution in [0.1, 0.15) is 54.9 Å². The molecular weight excluding hydrogens is 445 g/mol. The van der Waals surface area contributed by atoms with E-state index in [1.165, 1.54) is 22.3 Å². The van der Waals surface area contributed by atoms with Crippen molar-refractivity contribution in [3.63, 3.8) is 0 Å². The number of hydrogen-bond donors (Lipinski definition) is 2. The fourth-order valence-corrected chi connectivity index (χ4v) is 4.72. The third kappa shape index (κ3) is 5.51. The van der Waals surface area contributed by atoms with Crippen molar-refractivity contribution >= 4 is 19.7 Å². The molecule has 0 aliphatic heterocycles. The zero-order valence-electron chi connectivity index (χ0n) is 20.1. The maximum atomic E-state index is 9.20. The van der Waals surface area contributed by atoms with Gasteiger partial charge in [-0.3, -0.25) is 4.90 Å². The highest BCUT2D eigenvalue weighted by Crippen LogP contribution is 2.44. The van der Waals surface area contributed by atoms with E-state index >= 15 is 0 Å². The summed E-state index contributed by atoms with van der Waals surface area (Å²) in [5, 5.41) is 0. The Morgan fingerprint density at radius 2 is 1.50 bits per heavy atom. The molecule has 3 aromatic carbocycles. The lowest BCUT2D eigenvalue weighted by atomic mass is 9.77. The van der Waals surface area contributed by atoms with Crippen LogP contribution < -0.4 is 9.26 Å². The second-order valence-electron chi connectivity index (χ2n) is 8.95. The molecular formula is C28H32NO4P. The number of benzene rings is 3. The monoisotopic (exact) mass is 477 g/mol. The summed E-state index contributed by atoms with van der Waals surface area (Å²) in [4.78, 5) is 20.4. The fraction of sp³-hybridized carbons (Fsp3) is 0.286. The van der Waals surface area contributed by atoms with Crippen molar-refractivity contribution in [2.24, 2.45) is 0 Å². The van der Waals surface area contributed by atoms with Crippen LogP contribution >= 0.6 is 8.60 Å². The molecule has 6 heteroatoms. The first-order chi connectivity index (χ1) is 16.3. The van der Waals surface area contributed by atoms with Crippen LogP contribution in [0.15, 0.2) is 72.8 Å². The quantitative estimate of drug-likeness (QED) is 0.304. The first kappa shape index (κ1) is 24.4. The molecule has 0 fully saturated rings. The third-order valence-electron chi connectivity index (χ3n) is 6.45. The predicted octanol–water partition coefficient (Wildman–Crippen LogP) is 6.42. The molecule has 0 saturated carbocycles. The van der Waals surface area contributed by atoms with Gasteiger partial charge < -0.3 is 19.0 Å². The highest BCUT2D eigenvalue weighted by atomic mass is 31.2. The van der Waals surface area contributed by atoms with E-state index in [0.29, 0.717) is 11.7 Å². The fourth-order valence-electron chi connectivity index (χ4n) is 4.41. The largest absolute Gasteiger partial charge is 0.475 e. The van der Waals surface area contributed by atoms with Gasteiger partial charge in [0.2, 0.25) is 0 Å². The summed E-state index contributed by atoms with van der Waals surface area (Å²) < 4.78 is 11.1. The van der Waals surface area contributed by atoms with Gasteiger partial charge in [-0.25, -0.2) is 0 Å². The zero-order valence-corrected chi connectivity index (χ0v) is 21.0. The lowest BCUT2D eigenvalue weighted by Gasteiger charge is -2.28. The van der Waals surface area contributed by atoms with Gasteiger partial charge >= 0.3 is 8.60 Å². The van der Waals surface area contributed by atoms with E-state index in [2.05, 4.69) is 43.3 Å². The molecule has 0 aromatic heterocycles. The average Bonchev–Trinajstić information content (AvgIpc) is 2.82. The minimum absolute atomic E-state index is 0.0218. The second-order valence-corrected chi connectivity index (χ2v) is 9.64. The molecule has 2 unspecified atom stereocenters. The van der Waals surface area contributed by atoms with Crippen molar-refractivity contribution in [2.75, 3.05) is 14.1 Å². The highest BCUT2D eigenvalue weighted by molar-refractivity contribution is 7.39. The molecule has 1 aliphatic carbocycles. The molecule has 0 amide bonds. The second kappa shape index (κ2) is 10.7. The molecule has 3 aromatic rings. The molecule has 0 radical (unpaired) electrons. The topological polar surface area (TPSA) is 62.2 Å². The van der Waals surface area contributed by atoms with Crippen LogP contribution in [-0.2, 0) is 0 Å². The number of rotatable bonds is 7. The molecule has 0 spiro atoms. The van der Waals surface area contributed by atoms with Crippen molar-refractivity contribution in [1.29, 1.82) is 0 Å². The molecule has 2 N–H and O–H groups in total. The van der Waals surface area contributed by atoms with Crippen LogP contribution in [0.3, 0.4) is 0 Å². The predicted molar refractivity (Wildman–Crippen MR) is 139 cm³/mol. The minimum atomic E-state index is -2.44. The Morgan fingerprint density at radius 1 is 0.912 bits per heavy atom. The normalized spacial score (nSPS) is 17.9. The Bertz CT molecular complexity index is 1140. The SMILES string of the molecule is CC1CCC(=C(c2ccc(OC(C)N(C)C)cc2)c2ccc(OP(O)O)cc2)c2ccccc21. The molecule has 34 heavy (non-hydrogen) atoms. The van der Waals surface area contributed by atoms with Crippen molar-refractivity contribution in [3.05, 3.63) is 95.1 Å². The van der Waals surface area contributed by atoms with Gasteiger partial charge in [0.15, 0.2) is 0 Å². The van der Waals surface area contributed by atoms with Crippen LogP contribution in [0.5, 0.6) is 11.5 Å². The van der Waals surface area contributed by atoms with Gasteiger partial charge in [-0.1, -0.05) is 55.5 Å². The average molecular weight is 478 g/mol. The van der Waals surface area contributed by atoms with Crippen molar-refractivity contribution < 1.29 is 19.0 Å². The molecule has 5 nitrogen and oxygen atoms in total. The maximum Gasteiger partial charge on any atom is 0.391 e. The third-order valence-corrected chi connectivity index (χ3v) is 6.83.